The van der Waals surface area contributed by atoms with Gasteiger partial charge in [0.15, 0.2) is 0 Å². The zero-order valence-electron chi connectivity index (χ0n) is 31.5. The summed E-state index contributed by atoms with van der Waals surface area (Å²) in [7, 11) is -2.54. The number of rotatable bonds is 28. The third kappa shape index (κ3) is 19.2. The third-order valence-electron chi connectivity index (χ3n) is 9.57. The van der Waals surface area contributed by atoms with Gasteiger partial charge in [-0.15, -0.1) is 0 Å². The van der Waals surface area contributed by atoms with Crippen LogP contribution in [0.3, 0.4) is 0 Å². The molecule has 5 nitrogen and oxygen atoms in total. The topological polar surface area (TPSA) is 94.5 Å². The van der Waals surface area contributed by atoms with Gasteiger partial charge in [0.1, 0.15) is 0 Å². The molecule has 2 rings (SSSR count). The van der Waals surface area contributed by atoms with Gasteiger partial charge in [-0.2, -0.15) is 0 Å². The lowest BCUT2D eigenvalue weighted by atomic mass is 10.0. The van der Waals surface area contributed by atoms with Gasteiger partial charge in [0.2, 0.25) is 0 Å². The fourth-order valence-electron chi connectivity index (χ4n) is 6.51. The van der Waals surface area contributed by atoms with Crippen molar-refractivity contribution in [3.05, 3.63) is 59.7 Å². The average Bonchev–Trinajstić information content (AvgIpc) is 3.12. The summed E-state index contributed by atoms with van der Waals surface area (Å²) in [4.78, 5) is 22.2. The van der Waals surface area contributed by atoms with E-state index < -0.39 is 30.0 Å². The minimum Gasteiger partial charge on any atom is -0.545 e. The summed E-state index contributed by atoms with van der Waals surface area (Å²) in [5.74, 6) is -2.68. The summed E-state index contributed by atoms with van der Waals surface area (Å²) in [5.41, 5.74) is -0.343. The van der Waals surface area contributed by atoms with Crippen LogP contribution in [0.15, 0.2) is 58.3 Å². The van der Waals surface area contributed by atoms with Crippen LogP contribution in [0.5, 0.6) is 0 Å². The SMILES string of the molecule is CCCCCCCCCCCCCCCC[P+](CCCC)(CCCC)CCCC.O=C([O-])c1ccccc1S(=O)c1ccccc1C(=O)O. The molecule has 2 aromatic rings. The number of carboxylic acid groups (broad SMARTS) is 2. The van der Waals surface area contributed by atoms with E-state index in [9.17, 15) is 18.9 Å². The first-order valence-corrected chi connectivity index (χ1v) is 23.3. The van der Waals surface area contributed by atoms with Crippen molar-refractivity contribution in [1.82, 2.24) is 0 Å². The maximum Gasteiger partial charge on any atom is 0.336 e. The minimum absolute atomic E-state index is 0.0150. The quantitative estimate of drug-likeness (QED) is 0.0699. The first kappa shape index (κ1) is 45.0. The van der Waals surface area contributed by atoms with E-state index in [1.807, 2.05) is 0 Å². The van der Waals surface area contributed by atoms with E-state index in [2.05, 4.69) is 27.7 Å². The van der Waals surface area contributed by atoms with Crippen molar-refractivity contribution >= 4 is 30.0 Å². The number of aromatic carboxylic acids is 2. The van der Waals surface area contributed by atoms with Crippen LogP contribution in [0.1, 0.15) is 177 Å². The predicted molar refractivity (Wildman–Crippen MR) is 210 cm³/mol. The largest absolute Gasteiger partial charge is 0.545 e. The van der Waals surface area contributed by atoms with Crippen molar-refractivity contribution in [3.8, 4) is 0 Å². The molecule has 0 amide bonds. The van der Waals surface area contributed by atoms with Crippen molar-refractivity contribution < 1.29 is 24.0 Å². The van der Waals surface area contributed by atoms with Crippen molar-refractivity contribution in [2.24, 2.45) is 0 Å². The average molecular weight is 717 g/mol. The Kier molecular flexibility index (Phi) is 26.3. The normalized spacial score (nSPS) is 11.9. The molecule has 2 aromatic carbocycles. The highest BCUT2D eigenvalue weighted by atomic mass is 32.2. The summed E-state index contributed by atoms with van der Waals surface area (Å²) in [5, 5.41) is 20.1. The molecule has 0 radical (unpaired) electrons. The summed E-state index contributed by atoms with van der Waals surface area (Å²) in [6.07, 6.45) is 36.0. The zero-order valence-corrected chi connectivity index (χ0v) is 33.2. The molecule has 0 aliphatic heterocycles. The molecule has 1 unspecified atom stereocenters. The van der Waals surface area contributed by atoms with Crippen LogP contribution in [0, 0.1) is 0 Å². The molecule has 0 bridgehead atoms. The van der Waals surface area contributed by atoms with Gasteiger partial charge in [0, 0.05) is 12.8 Å². The van der Waals surface area contributed by atoms with E-state index in [4.69, 9.17) is 5.11 Å². The Morgan fingerprint density at radius 2 is 0.857 bits per heavy atom. The second-order valence-electron chi connectivity index (χ2n) is 13.7. The number of unbranched alkanes of at least 4 members (excludes halogenated alkanes) is 16. The molecular weight excluding hydrogens is 647 g/mol. The van der Waals surface area contributed by atoms with Crippen LogP contribution in [-0.4, -0.2) is 45.9 Å². The van der Waals surface area contributed by atoms with Crippen molar-refractivity contribution in [1.29, 1.82) is 0 Å². The Morgan fingerprint density at radius 1 is 0.531 bits per heavy atom. The van der Waals surface area contributed by atoms with Crippen molar-refractivity contribution in [2.75, 3.05) is 24.6 Å². The van der Waals surface area contributed by atoms with Crippen LogP contribution in [0.2, 0.25) is 0 Å². The number of carbonyl (C=O) groups excluding carboxylic acids is 1. The van der Waals surface area contributed by atoms with E-state index in [0.717, 1.165) is 0 Å². The number of hydrogen-bond acceptors (Lipinski definition) is 4. The zero-order chi connectivity index (χ0) is 36.2. The molecule has 0 aliphatic rings. The molecule has 0 saturated heterocycles. The highest BCUT2D eigenvalue weighted by Crippen LogP contribution is 2.61. The molecule has 1 N–H and O–H groups in total. The van der Waals surface area contributed by atoms with Gasteiger partial charge in [0.25, 0.3) is 0 Å². The van der Waals surface area contributed by atoms with E-state index in [1.165, 1.54) is 164 Å². The lowest BCUT2D eigenvalue weighted by molar-refractivity contribution is -0.255. The van der Waals surface area contributed by atoms with E-state index in [1.54, 1.807) is 37.1 Å². The standard InChI is InChI=1S/C28H60P.C14H10O5S/c1-5-9-13-14-15-16-17-18-19-20-21-22-23-24-28-29(25-10-6-2,26-11-7-3)27-12-8-4;15-13(16)9-5-1-3-7-11(9)20(19)12-8-4-2-6-10(12)14(17)18/h5-28H2,1-4H3;1-8H,(H,15,16)(H,17,18)/q+1;/p-1. The fraction of sp³-hybridized carbons (Fsp3) is 0.667. The van der Waals surface area contributed by atoms with Crippen LogP contribution in [0.4, 0.5) is 0 Å². The van der Waals surface area contributed by atoms with Crippen LogP contribution >= 0.6 is 7.26 Å². The third-order valence-corrected chi connectivity index (χ3v) is 16.1. The maximum atomic E-state index is 12.5. The molecule has 0 heterocycles. The lowest BCUT2D eigenvalue weighted by Crippen LogP contribution is -2.24. The molecule has 49 heavy (non-hydrogen) atoms. The molecule has 0 fully saturated rings. The van der Waals surface area contributed by atoms with Gasteiger partial charge in [-0.1, -0.05) is 154 Å². The van der Waals surface area contributed by atoms with Gasteiger partial charge in [0.05, 0.1) is 56.8 Å². The van der Waals surface area contributed by atoms with E-state index in [-0.39, 0.29) is 20.9 Å². The fourth-order valence-corrected chi connectivity index (χ4v) is 13.1. The number of hydrogen-bond donors (Lipinski definition) is 1. The second-order valence-corrected chi connectivity index (χ2v) is 19.6. The van der Waals surface area contributed by atoms with Crippen LogP contribution in [-0.2, 0) is 10.8 Å². The molecule has 0 aliphatic carbocycles. The molecule has 7 heteroatoms. The van der Waals surface area contributed by atoms with Gasteiger partial charge in [-0.3, -0.25) is 0 Å². The predicted octanol–water partition coefficient (Wildman–Crippen LogP) is 11.8. The Bertz CT molecular complexity index is 1100. The van der Waals surface area contributed by atoms with Crippen molar-refractivity contribution in [3.63, 3.8) is 0 Å². The molecule has 1 atom stereocenters. The Balaban J connectivity index is 0.000000520. The molecule has 0 spiro atoms. The van der Waals surface area contributed by atoms with Gasteiger partial charge in [-0.05, 0) is 50.3 Å². The minimum atomic E-state index is -1.91. The monoisotopic (exact) mass is 716 g/mol. The van der Waals surface area contributed by atoms with Crippen molar-refractivity contribution in [2.45, 2.75) is 166 Å². The van der Waals surface area contributed by atoms with E-state index >= 15 is 0 Å². The first-order valence-electron chi connectivity index (χ1n) is 19.7. The van der Waals surface area contributed by atoms with Gasteiger partial charge in [-0.25, -0.2) is 9.00 Å². The van der Waals surface area contributed by atoms with Gasteiger partial charge >= 0.3 is 5.97 Å². The smallest absolute Gasteiger partial charge is 0.336 e. The van der Waals surface area contributed by atoms with Crippen LogP contribution in [0.25, 0.3) is 0 Å². The summed E-state index contributed by atoms with van der Waals surface area (Å²) < 4.78 is 12.5. The Hall–Kier alpha value is -2.04. The Labute approximate surface area is 303 Å². The number of carbonyl (C=O) groups is 2. The highest BCUT2D eigenvalue weighted by Gasteiger charge is 2.34. The highest BCUT2D eigenvalue weighted by molar-refractivity contribution is 7.85. The number of carboxylic acids is 2. The Morgan fingerprint density at radius 3 is 1.24 bits per heavy atom. The number of benzene rings is 2. The molecule has 0 aromatic heterocycles. The second kappa shape index (κ2) is 28.6. The summed E-state index contributed by atoms with van der Waals surface area (Å²) >= 11 is 0. The first-order chi connectivity index (χ1) is 23.8. The maximum absolute atomic E-state index is 12.5. The summed E-state index contributed by atoms with van der Waals surface area (Å²) in [6, 6.07) is 11.4. The van der Waals surface area contributed by atoms with E-state index in [0.29, 0.717) is 0 Å². The summed E-state index contributed by atoms with van der Waals surface area (Å²) in [6.45, 7) is 9.48. The van der Waals surface area contributed by atoms with Crippen LogP contribution < -0.4 is 5.11 Å². The molecule has 0 saturated carbocycles. The molecule has 278 valence electrons. The molecular formula is C42H69O5PS. The lowest BCUT2D eigenvalue weighted by Gasteiger charge is -2.28. The van der Waals surface area contributed by atoms with Gasteiger partial charge < -0.3 is 15.0 Å².